The Labute approximate surface area is 98.4 Å². The van der Waals surface area contributed by atoms with Crippen LogP contribution in [0.5, 0.6) is 0 Å². The molecule has 1 unspecified atom stereocenters. The van der Waals surface area contributed by atoms with E-state index < -0.39 is 10.0 Å². The van der Waals surface area contributed by atoms with Crippen molar-refractivity contribution < 1.29 is 8.42 Å². The van der Waals surface area contributed by atoms with Gasteiger partial charge in [-0.15, -0.1) is 0 Å². The first-order valence-corrected chi connectivity index (χ1v) is 7.94. The van der Waals surface area contributed by atoms with Crippen LogP contribution in [-0.2, 0) is 10.0 Å². The summed E-state index contributed by atoms with van der Waals surface area (Å²) in [6.07, 6.45) is 4.76. The standard InChI is InChI=1S/C11H22N2O2S/c1-2-16(14,15)13-7-3-4-10(9-13)8-12-11-5-6-11/h10-12H,2-9H2,1H3. The van der Waals surface area contributed by atoms with Gasteiger partial charge in [-0.25, -0.2) is 12.7 Å². The monoisotopic (exact) mass is 246 g/mol. The second-order valence-electron chi connectivity index (χ2n) is 4.95. The molecule has 1 heterocycles. The Morgan fingerprint density at radius 2 is 2.06 bits per heavy atom. The quantitative estimate of drug-likeness (QED) is 0.780. The lowest BCUT2D eigenvalue weighted by atomic mass is 10.00. The minimum absolute atomic E-state index is 0.232. The number of hydrogen-bond acceptors (Lipinski definition) is 3. The lowest BCUT2D eigenvalue weighted by Gasteiger charge is -2.31. The van der Waals surface area contributed by atoms with Crippen molar-refractivity contribution in [2.24, 2.45) is 5.92 Å². The fourth-order valence-electron chi connectivity index (χ4n) is 2.25. The van der Waals surface area contributed by atoms with E-state index in [1.807, 2.05) is 0 Å². The van der Waals surface area contributed by atoms with Gasteiger partial charge in [-0.1, -0.05) is 0 Å². The van der Waals surface area contributed by atoms with E-state index in [1.165, 1.54) is 12.8 Å². The number of rotatable bonds is 5. The van der Waals surface area contributed by atoms with Gasteiger partial charge in [-0.3, -0.25) is 0 Å². The van der Waals surface area contributed by atoms with Crippen molar-refractivity contribution in [2.75, 3.05) is 25.4 Å². The smallest absolute Gasteiger partial charge is 0.213 e. The number of piperidine rings is 1. The fraction of sp³-hybridized carbons (Fsp3) is 1.00. The van der Waals surface area contributed by atoms with Gasteiger partial charge in [-0.05, 0) is 45.1 Å². The maximum atomic E-state index is 11.8. The van der Waals surface area contributed by atoms with Crippen LogP contribution in [0, 0.1) is 5.92 Å². The van der Waals surface area contributed by atoms with E-state index in [0.29, 0.717) is 5.92 Å². The number of nitrogens with one attached hydrogen (secondary N) is 1. The molecule has 1 aliphatic carbocycles. The zero-order valence-electron chi connectivity index (χ0n) is 9.98. The first-order valence-electron chi connectivity index (χ1n) is 6.33. The average Bonchev–Trinajstić information content (AvgIpc) is 3.11. The topological polar surface area (TPSA) is 49.4 Å². The van der Waals surface area contributed by atoms with Crippen molar-refractivity contribution in [2.45, 2.75) is 38.6 Å². The van der Waals surface area contributed by atoms with E-state index in [1.54, 1.807) is 11.2 Å². The Balaban J connectivity index is 1.83. The molecule has 16 heavy (non-hydrogen) atoms. The molecule has 2 rings (SSSR count). The predicted octanol–water partition coefficient (Wildman–Crippen LogP) is 0.800. The van der Waals surface area contributed by atoms with Crippen molar-refractivity contribution in [3.8, 4) is 0 Å². The zero-order valence-corrected chi connectivity index (χ0v) is 10.8. The van der Waals surface area contributed by atoms with Crippen LogP contribution in [0.4, 0.5) is 0 Å². The number of sulfonamides is 1. The fourth-order valence-corrected chi connectivity index (χ4v) is 3.46. The minimum Gasteiger partial charge on any atom is -0.314 e. The molecule has 4 nitrogen and oxygen atoms in total. The van der Waals surface area contributed by atoms with Crippen LogP contribution in [0.25, 0.3) is 0 Å². The van der Waals surface area contributed by atoms with E-state index in [9.17, 15) is 8.42 Å². The average molecular weight is 246 g/mol. The molecule has 0 radical (unpaired) electrons. The molecule has 0 aromatic carbocycles. The predicted molar refractivity (Wildman–Crippen MR) is 64.8 cm³/mol. The molecule has 0 aromatic heterocycles. The summed E-state index contributed by atoms with van der Waals surface area (Å²) >= 11 is 0. The Kier molecular flexibility index (Phi) is 3.87. The largest absolute Gasteiger partial charge is 0.314 e. The van der Waals surface area contributed by atoms with E-state index in [-0.39, 0.29) is 5.75 Å². The third-order valence-electron chi connectivity index (χ3n) is 3.51. The van der Waals surface area contributed by atoms with E-state index in [2.05, 4.69) is 5.32 Å². The van der Waals surface area contributed by atoms with Crippen LogP contribution in [0.2, 0.25) is 0 Å². The number of nitrogens with zero attached hydrogens (tertiary/aromatic N) is 1. The van der Waals surface area contributed by atoms with E-state index in [4.69, 9.17) is 0 Å². The zero-order chi connectivity index (χ0) is 11.6. The molecule has 1 saturated carbocycles. The summed E-state index contributed by atoms with van der Waals surface area (Å²) in [4.78, 5) is 0. The molecule has 94 valence electrons. The van der Waals surface area contributed by atoms with Crippen LogP contribution in [-0.4, -0.2) is 44.2 Å². The highest BCUT2D eigenvalue weighted by Gasteiger charge is 2.29. The molecule has 1 saturated heterocycles. The third-order valence-corrected chi connectivity index (χ3v) is 5.36. The maximum absolute atomic E-state index is 11.8. The molecule has 0 bridgehead atoms. The first kappa shape index (κ1) is 12.3. The molecule has 2 aliphatic rings. The molecule has 0 aromatic rings. The highest BCUT2D eigenvalue weighted by Crippen LogP contribution is 2.22. The van der Waals surface area contributed by atoms with Gasteiger partial charge in [-0.2, -0.15) is 0 Å². The summed E-state index contributed by atoms with van der Waals surface area (Å²) < 4.78 is 25.2. The van der Waals surface area contributed by atoms with Crippen LogP contribution in [0.15, 0.2) is 0 Å². The Morgan fingerprint density at radius 3 is 2.69 bits per heavy atom. The second kappa shape index (κ2) is 5.02. The summed E-state index contributed by atoms with van der Waals surface area (Å²) in [5.41, 5.74) is 0. The molecule has 1 aliphatic heterocycles. The van der Waals surface area contributed by atoms with Gasteiger partial charge in [0.15, 0.2) is 0 Å². The van der Waals surface area contributed by atoms with E-state index >= 15 is 0 Å². The maximum Gasteiger partial charge on any atom is 0.213 e. The Morgan fingerprint density at radius 1 is 1.31 bits per heavy atom. The normalized spacial score (nSPS) is 28.2. The lowest BCUT2D eigenvalue weighted by Crippen LogP contribution is -2.43. The third kappa shape index (κ3) is 3.18. The van der Waals surface area contributed by atoms with Gasteiger partial charge in [0, 0.05) is 19.1 Å². The van der Waals surface area contributed by atoms with Gasteiger partial charge in [0.2, 0.25) is 10.0 Å². The highest BCUT2D eigenvalue weighted by atomic mass is 32.2. The molecule has 2 fully saturated rings. The summed E-state index contributed by atoms with van der Waals surface area (Å²) in [6, 6.07) is 0.721. The molecular weight excluding hydrogens is 224 g/mol. The van der Waals surface area contributed by atoms with Crippen LogP contribution < -0.4 is 5.32 Å². The summed E-state index contributed by atoms with van der Waals surface area (Å²) in [5.74, 6) is 0.742. The van der Waals surface area contributed by atoms with Gasteiger partial charge in [0.1, 0.15) is 0 Å². The van der Waals surface area contributed by atoms with Crippen molar-refractivity contribution in [3.63, 3.8) is 0 Å². The molecule has 0 spiro atoms. The van der Waals surface area contributed by atoms with Gasteiger partial charge in [0.05, 0.1) is 5.75 Å². The van der Waals surface area contributed by atoms with Crippen molar-refractivity contribution in [1.82, 2.24) is 9.62 Å². The van der Waals surface area contributed by atoms with Gasteiger partial charge < -0.3 is 5.32 Å². The minimum atomic E-state index is -2.97. The lowest BCUT2D eigenvalue weighted by molar-refractivity contribution is 0.260. The second-order valence-corrected chi connectivity index (χ2v) is 7.21. The first-order chi connectivity index (χ1) is 7.62. The molecular formula is C11H22N2O2S. The van der Waals surface area contributed by atoms with Crippen LogP contribution in [0.1, 0.15) is 32.6 Å². The van der Waals surface area contributed by atoms with E-state index in [0.717, 1.165) is 38.5 Å². The van der Waals surface area contributed by atoms with Gasteiger partial charge in [0.25, 0.3) is 0 Å². The highest BCUT2D eigenvalue weighted by molar-refractivity contribution is 7.89. The molecule has 1 N–H and O–H groups in total. The van der Waals surface area contributed by atoms with Crippen molar-refractivity contribution in [1.29, 1.82) is 0 Å². The van der Waals surface area contributed by atoms with Crippen LogP contribution in [0.3, 0.4) is 0 Å². The number of hydrogen-bond donors (Lipinski definition) is 1. The molecule has 5 heteroatoms. The molecule has 1 atom stereocenters. The van der Waals surface area contributed by atoms with Crippen LogP contribution >= 0.6 is 0 Å². The Bertz CT molecular complexity index is 325. The Hall–Kier alpha value is -0.130. The van der Waals surface area contributed by atoms with Gasteiger partial charge >= 0.3 is 0 Å². The summed E-state index contributed by atoms with van der Waals surface area (Å²) in [7, 11) is -2.97. The summed E-state index contributed by atoms with van der Waals surface area (Å²) in [6.45, 7) is 4.15. The van der Waals surface area contributed by atoms with Crippen molar-refractivity contribution in [3.05, 3.63) is 0 Å². The molecule has 0 amide bonds. The van der Waals surface area contributed by atoms with Crippen molar-refractivity contribution >= 4 is 10.0 Å². The SMILES string of the molecule is CCS(=O)(=O)N1CCCC(CNC2CC2)C1. The summed E-state index contributed by atoms with van der Waals surface area (Å²) in [5, 5.41) is 3.49.